The van der Waals surface area contributed by atoms with Gasteiger partial charge in [-0.25, -0.2) is 4.79 Å². The summed E-state index contributed by atoms with van der Waals surface area (Å²) in [4.78, 5) is 13.5. The fourth-order valence-electron chi connectivity index (χ4n) is 1.92. The van der Waals surface area contributed by atoms with Crippen LogP contribution in [0.2, 0.25) is 0 Å². The number of nitrogens with one attached hydrogen (secondary N) is 1. The highest BCUT2D eigenvalue weighted by Gasteiger charge is 2.15. The molecule has 0 bridgehead atoms. The maximum atomic E-state index is 12.0. The number of aliphatic hydroxyl groups is 1. The number of carbonyl (C=O) groups excluding carboxylic acids is 1. The highest BCUT2D eigenvalue weighted by atomic mass is 16.3. The normalized spacial score (nSPS) is 12.7. The zero-order chi connectivity index (χ0) is 15.6. The average Bonchev–Trinajstić information content (AvgIpc) is 2.89. The molecule has 1 aromatic carbocycles. The summed E-state index contributed by atoms with van der Waals surface area (Å²) in [5.74, 6) is 0. The van der Waals surface area contributed by atoms with Crippen molar-refractivity contribution in [2.24, 2.45) is 0 Å². The first-order chi connectivity index (χ1) is 9.92. The van der Waals surface area contributed by atoms with E-state index in [9.17, 15) is 4.79 Å². The van der Waals surface area contributed by atoms with E-state index in [-0.39, 0.29) is 18.7 Å². The molecule has 2 rings (SSSR count). The van der Waals surface area contributed by atoms with Crippen LogP contribution in [0.25, 0.3) is 10.9 Å². The van der Waals surface area contributed by atoms with Gasteiger partial charge < -0.3 is 15.3 Å². The molecule has 2 amide bonds. The van der Waals surface area contributed by atoms with Gasteiger partial charge in [0.15, 0.2) is 0 Å². The Bertz CT molecular complexity index is 636. The summed E-state index contributed by atoms with van der Waals surface area (Å²) in [5, 5.41) is 17.4. The second kappa shape index (κ2) is 6.13. The van der Waals surface area contributed by atoms with Crippen LogP contribution >= 0.6 is 0 Å². The molecule has 0 spiro atoms. The van der Waals surface area contributed by atoms with Crippen LogP contribution in [-0.4, -0.2) is 45.5 Å². The highest BCUT2D eigenvalue weighted by molar-refractivity contribution is 5.92. The van der Waals surface area contributed by atoms with E-state index in [1.54, 1.807) is 14.0 Å². The van der Waals surface area contributed by atoms with Crippen LogP contribution in [0.5, 0.6) is 0 Å². The fraction of sp³-hybridized carbons (Fsp3) is 0.467. The van der Waals surface area contributed by atoms with Crippen LogP contribution in [0.4, 0.5) is 10.5 Å². The smallest absolute Gasteiger partial charge is 0.321 e. The maximum Gasteiger partial charge on any atom is 0.321 e. The van der Waals surface area contributed by atoms with E-state index in [0.717, 1.165) is 10.9 Å². The SMILES string of the molecule is CC(C)n1cc2cc(NC(=O)N(C)[C@@H](C)CO)ccc2n1. The quantitative estimate of drug-likeness (QED) is 0.908. The van der Waals surface area contributed by atoms with E-state index in [1.165, 1.54) is 4.90 Å². The van der Waals surface area contributed by atoms with Crippen LogP contribution < -0.4 is 5.32 Å². The Kier molecular flexibility index (Phi) is 4.47. The maximum absolute atomic E-state index is 12.0. The number of fused-ring (bicyclic) bond motifs is 1. The van der Waals surface area contributed by atoms with Crippen molar-refractivity contribution >= 4 is 22.6 Å². The van der Waals surface area contributed by atoms with E-state index in [4.69, 9.17) is 5.11 Å². The second-order valence-electron chi connectivity index (χ2n) is 5.55. The van der Waals surface area contributed by atoms with Gasteiger partial charge >= 0.3 is 6.03 Å². The molecule has 2 N–H and O–H groups in total. The number of likely N-dealkylation sites (N-methyl/N-ethyl adjacent to an activating group) is 1. The molecule has 2 aromatic rings. The van der Waals surface area contributed by atoms with Crippen molar-refractivity contribution in [3.63, 3.8) is 0 Å². The van der Waals surface area contributed by atoms with Crippen molar-refractivity contribution in [2.75, 3.05) is 19.0 Å². The van der Waals surface area contributed by atoms with Crippen LogP contribution in [0.1, 0.15) is 26.8 Å². The van der Waals surface area contributed by atoms with E-state index >= 15 is 0 Å². The molecule has 6 heteroatoms. The Morgan fingerprint density at radius 2 is 2.14 bits per heavy atom. The van der Waals surface area contributed by atoms with Gasteiger partial charge in [-0.3, -0.25) is 4.68 Å². The minimum absolute atomic E-state index is 0.0654. The molecule has 0 fully saturated rings. The number of carbonyl (C=O) groups is 1. The van der Waals surface area contributed by atoms with Gasteiger partial charge in [-0.2, -0.15) is 5.10 Å². The fourth-order valence-corrected chi connectivity index (χ4v) is 1.92. The Balaban J connectivity index is 2.17. The van der Waals surface area contributed by atoms with Crippen LogP contribution in [0, 0.1) is 0 Å². The largest absolute Gasteiger partial charge is 0.394 e. The number of nitrogens with zero attached hydrogens (tertiary/aromatic N) is 3. The lowest BCUT2D eigenvalue weighted by Crippen LogP contribution is -2.40. The summed E-state index contributed by atoms with van der Waals surface area (Å²) in [6.07, 6.45) is 1.97. The highest BCUT2D eigenvalue weighted by Crippen LogP contribution is 2.20. The lowest BCUT2D eigenvalue weighted by molar-refractivity contribution is 0.166. The first kappa shape index (κ1) is 15.3. The summed E-state index contributed by atoms with van der Waals surface area (Å²) < 4.78 is 1.90. The second-order valence-corrected chi connectivity index (χ2v) is 5.55. The first-order valence-corrected chi connectivity index (χ1v) is 7.06. The Labute approximate surface area is 124 Å². The molecule has 1 atom stereocenters. The zero-order valence-electron chi connectivity index (χ0n) is 12.9. The van der Waals surface area contributed by atoms with E-state index < -0.39 is 0 Å². The predicted molar refractivity (Wildman–Crippen MR) is 83.4 cm³/mol. The van der Waals surface area contributed by atoms with Gasteiger partial charge in [0.25, 0.3) is 0 Å². The van der Waals surface area contributed by atoms with E-state index in [2.05, 4.69) is 24.3 Å². The third kappa shape index (κ3) is 3.33. The van der Waals surface area contributed by atoms with Gasteiger partial charge in [0.2, 0.25) is 0 Å². The molecule has 0 aliphatic heterocycles. The Morgan fingerprint density at radius 1 is 1.43 bits per heavy atom. The molecule has 1 heterocycles. The van der Waals surface area contributed by atoms with Gasteiger partial charge in [-0.05, 0) is 39.0 Å². The standard InChI is InChI=1S/C15H22N4O2/c1-10(2)19-8-12-7-13(5-6-14(12)17-19)16-15(21)18(4)11(3)9-20/h5-8,10-11,20H,9H2,1-4H3,(H,16,21)/t11-/m0/s1. The molecule has 0 aliphatic rings. The Morgan fingerprint density at radius 3 is 2.76 bits per heavy atom. The molecule has 0 saturated carbocycles. The van der Waals surface area contributed by atoms with Crippen LogP contribution in [-0.2, 0) is 0 Å². The van der Waals surface area contributed by atoms with E-state index in [0.29, 0.717) is 11.7 Å². The van der Waals surface area contributed by atoms with Crippen molar-refractivity contribution < 1.29 is 9.90 Å². The van der Waals surface area contributed by atoms with Crippen molar-refractivity contribution in [3.05, 3.63) is 24.4 Å². The number of hydrogen-bond acceptors (Lipinski definition) is 3. The number of urea groups is 1. The van der Waals surface area contributed by atoms with Gasteiger partial charge in [0.1, 0.15) is 0 Å². The molecule has 21 heavy (non-hydrogen) atoms. The number of hydrogen-bond donors (Lipinski definition) is 2. The van der Waals surface area contributed by atoms with Crippen molar-refractivity contribution in [3.8, 4) is 0 Å². The molecule has 1 aromatic heterocycles. The van der Waals surface area contributed by atoms with Crippen molar-refractivity contribution in [1.82, 2.24) is 14.7 Å². The zero-order valence-corrected chi connectivity index (χ0v) is 12.9. The summed E-state index contributed by atoms with van der Waals surface area (Å²) in [6, 6.07) is 5.45. The number of rotatable bonds is 4. The molecule has 0 unspecified atom stereocenters. The molecular formula is C15H22N4O2. The minimum Gasteiger partial charge on any atom is -0.394 e. The molecule has 0 saturated heterocycles. The number of aliphatic hydroxyl groups excluding tert-OH is 1. The molecule has 0 aliphatic carbocycles. The molecular weight excluding hydrogens is 268 g/mol. The summed E-state index contributed by atoms with van der Waals surface area (Å²) in [7, 11) is 1.66. The van der Waals surface area contributed by atoms with Gasteiger partial charge in [-0.15, -0.1) is 0 Å². The minimum atomic E-state index is -0.243. The van der Waals surface area contributed by atoms with Crippen LogP contribution in [0.15, 0.2) is 24.4 Å². The van der Waals surface area contributed by atoms with Gasteiger partial charge in [0.05, 0.1) is 18.2 Å². The third-order valence-electron chi connectivity index (χ3n) is 3.55. The number of aromatic nitrogens is 2. The van der Waals surface area contributed by atoms with Crippen molar-refractivity contribution in [1.29, 1.82) is 0 Å². The number of amides is 2. The lowest BCUT2D eigenvalue weighted by Gasteiger charge is -2.23. The van der Waals surface area contributed by atoms with E-state index in [1.807, 2.05) is 29.1 Å². The first-order valence-electron chi connectivity index (χ1n) is 7.06. The Hall–Kier alpha value is -2.08. The number of benzene rings is 1. The third-order valence-corrected chi connectivity index (χ3v) is 3.55. The predicted octanol–water partition coefficient (Wildman–Crippen LogP) is 2.46. The summed E-state index contributed by atoms with van der Waals surface area (Å²) in [5.41, 5.74) is 1.62. The lowest BCUT2D eigenvalue weighted by atomic mass is 10.2. The van der Waals surface area contributed by atoms with Crippen molar-refractivity contribution in [2.45, 2.75) is 32.9 Å². The number of anilines is 1. The average molecular weight is 290 g/mol. The monoisotopic (exact) mass is 290 g/mol. The topological polar surface area (TPSA) is 70.4 Å². The summed E-state index contributed by atoms with van der Waals surface area (Å²) in [6.45, 7) is 5.86. The van der Waals surface area contributed by atoms with Gasteiger partial charge in [-0.1, -0.05) is 0 Å². The molecule has 114 valence electrons. The van der Waals surface area contributed by atoms with Gasteiger partial charge in [0, 0.05) is 30.4 Å². The molecule has 0 radical (unpaired) electrons. The van der Waals surface area contributed by atoms with Crippen LogP contribution in [0.3, 0.4) is 0 Å². The summed E-state index contributed by atoms with van der Waals surface area (Å²) >= 11 is 0. The molecule has 6 nitrogen and oxygen atoms in total.